The van der Waals surface area contributed by atoms with Gasteiger partial charge >= 0.3 is 12.2 Å². The number of halogens is 3. The van der Waals surface area contributed by atoms with Gasteiger partial charge in [-0.1, -0.05) is 26.2 Å². The number of nitrogens with zero attached hydrogens (tertiary/aromatic N) is 1. The lowest BCUT2D eigenvalue weighted by molar-refractivity contribution is -0.140. The number of thiazole rings is 1. The highest BCUT2D eigenvalue weighted by Gasteiger charge is 2.33. The van der Waals surface area contributed by atoms with E-state index in [4.69, 9.17) is 0 Å². The van der Waals surface area contributed by atoms with Crippen molar-refractivity contribution in [2.45, 2.75) is 38.8 Å². The molecule has 2 N–H and O–H groups in total. The van der Waals surface area contributed by atoms with Crippen molar-refractivity contribution >= 4 is 22.5 Å². The second kappa shape index (κ2) is 7.32. The average molecular weight is 295 g/mol. The molecule has 2 amide bonds. The lowest BCUT2D eigenvalue weighted by Gasteiger charge is -2.05. The number of alkyl halides is 3. The summed E-state index contributed by atoms with van der Waals surface area (Å²) in [6.07, 6.45) is -0.400. The highest BCUT2D eigenvalue weighted by Crippen LogP contribution is 2.31. The second-order valence-corrected chi connectivity index (χ2v) is 4.84. The lowest BCUT2D eigenvalue weighted by Crippen LogP contribution is -2.29. The highest BCUT2D eigenvalue weighted by atomic mass is 32.1. The van der Waals surface area contributed by atoms with Crippen molar-refractivity contribution in [2.75, 3.05) is 11.9 Å². The molecule has 4 nitrogen and oxygen atoms in total. The first-order chi connectivity index (χ1) is 8.93. The van der Waals surface area contributed by atoms with Crippen LogP contribution in [0.3, 0.4) is 0 Å². The molecule has 0 spiro atoms. The van der Waals surface area contributed by atoms with E-state index in [2.05, 4.69) is 22.5 Å². The van der Waals surface area contributed by atoms with Crippen LogP contribution >= 0.6 is 11.3 Å². The van der Waals surface area contributed by atoms with Crippen LogP contribution in [0, 0.1) is 0 Å². The maximum atomic E-state index is 12.3. The number of rotatable bonds is 6. The Morgan fingerprint density at radius 1 is 1.37 bits per heavy atom. The number of urea groups is 1. The first-order valence-corrected chi connectivity index (χ1v) is 6.89. The molecule has 19 heavy (non-hydrogen) atoms. The fourth-order valence-corrected chi connectivity index (χ4v) is 2.07. The van der Waals surface area contributed by atoms with E-state index in [9.17, 15) is 18.0 Å². The molecule has 0 bridgehead atoms. The van der Waals surface area contributed by atoms with Gasteiger partial charge in [-0.2, -0.15) is 13.2 Å². The Hall–Kier alpha value is -1.31. The van der Waals surface area contributed by atoms with E-state index in [-0.39, 0.29) is 5.13 Å². The number of anilines is 1. The molecule has 0 radical (unpaired) electrons. The summed E-state index contributed by atoms with van der Waals surface area (Å²) in [6, 6.07) is -0.528. The van der Waals surface area contributed by atoms with Gasteiger partial charge in [-0.25, -0.2) is 9.78 Å². The van der Waals surface area contributed by atoms with Crippen LogP contribution in [0.2, 0.25) is 0 Å². The van der Waals surface area contributed by atoms with Crippen molar-refractivity contribution in [1.82, 2.24) is 10.3 Å². The van der Waals surface area contributed by atoms with Crippen LogP contribution in [-0.2, 0) is 6.18 Å². The molecule has 108 valence electrons. The van der Waals surface area contributed by atoms with Crippen LogP contribution in [0.25, 0.3) is 0 Å². The molecule has 0 fully saturated rings. The van der Waals surface area contributed by atoms with E-state index in [1.165, 1.54) is 0 Å². The topological polar surface area (TPSA) is 54.0 Å². The van der Waals surface area contributed by atoms with E-state index < -0.39 is 17.9 Å². The molecule has 0 aliphatic carbocycles. The number of unbranched alkanes of at least 4 members (excludes halogenated alkanes) is 3. The number of hydrogen-bond donors (Lipinski definition) is 2. The molecular weight excluding hydrogens is 279 g/mol. The standard InChI is InChI=1S/C11H16F3N3OS/c1-2-3-4-5-6-15-9(18)17-10-16-8(7-19-10)11(12,13)14/h7H,2-6H2,1H3,(H2,15,16,17,18). The van der Waals surface area contributed by atoms with Crippen molar-refractivity contribution in [1.29, 1.82) is 0 Å². The van der Waals surface area contributed by atoms with Gasteiger partial charge in [0.15, 0.2) is 10.8 Å². The van der Waals surface area contributed by atoms with Gasteiger partial charge in [-0.15, -0.1) is 11.3 Å². The van der Waals surface area contributed by atoms with E-state index >= 15 is 0 Å². The zero-order valence-corrected chi connectivity index (χ0v) is 11.3. The second-order valence-electron chi connectivity index (χ2n) is 3.98. The van der Waals surface area contributed by atoms with Crippen molar-refractivity contribution in [3.8, 4) is 0 Å². The summed E-state index contributed by atoms with van der Waals surface area (Å²) in [5.74, 6) is 0. The minimum Gasteiger partial charge on any atom is -0.338 e. The summed E-state index contributed by atoms with van der Waals surface area (Å²) in [5, 5.41) is 5.67. The first-order valence-electron chi connectivity index (χ1n) is 6.01. The molecule has 1 aromatic rings. The fourth-order valence-electron chi connectivity index (χ4n) is 1.36. The Morgan fingerprint density at radius 2 is 2.11 bits per heavy atom. The van der Waals surface area contributed by atoms with Crippen LogP contribution in [0.15, 0.2) is 5.38 Å². The number of carbonyl (C=O) groups excluding carboxylic acids is 1. The predicted octanol–water partition coefficient (Wildman–Crippen LogP) is 3.86. The van der Waals surface area contributed by atoms with E-state index in [1.807, 2.05) is 0 Å². The Bertz CT molecular complexity index is 406. The van der Waals surface area contributed by atoms with Crippen molar-refractivity contribution in [3.05, 3.63) is 11.1 Å². The van der Waals surface area contributed by atoms with Gasteiger partial charge in [0.1, 0.15) is 0 Å². The van der Waals surface area contributed by atoms with E-state index in [0.717, 1.165) is 42.4 Å². The quantitative estimate of drug-likeness (QED) is 0.783. The number of hydrogen-bond acceptors (Lipinski definition) is 3. The van der Waals surface area contributed by atoms with E-state index in [1.54, 1.807) is 0 Å². The molecule has 0 saturated heterocycles. The fraction of sp³-hybridized carbons (Fsp3) is 0.636. The van der Waals surface area contributed by atoms with Gasteiger partial charge in [0.05, 0.1) is 0 Å². The summed E-state index contributed by atoms with van der Waals surface area (Å²) >= 11 is 0.749. The lowest BCUT2D eigenvalue weighted by atomic mass is 10.2. The maximum Gasteiger partial charge on any atom is 0.434 e. The number of carbonyl (C=O) groups is 1. The van der Waals surface area contributed by atoms with Crippen LogP contribution in [0.4, 0.5) is 23.1 Å². The predicted molar refractivity (Wildman–Crippen MR) is 68.3 cm³/mol. The van der Waals surface area contributed by atoms with Gasteiger partial charge < -0.3 is 5.32 Å². The van der Waals surface area contributed by atoms with Crippen LogP contribution in [-0.4, -0.2) is 17.6 Å². The van der Waals surface area contributed by atoms with Crippen LogP contribution < -0.4 is 10.6 Å². The minimum absolute atomic E-state index is 0.0571. The molecule has 0 aromatic carbocycles. The Balaban J connectivity index is 2.30. The van der Waals surface area contributed by atoms with Crippen LogP contribution in [0.1, 0.15) is 38.3 Å². The van der Waals surface area contributed by atoms with Gasteiger partial charge in [0.2, 0.25) is 0 Å². The average Bonchev–Trinajstić information content (AvgIpc) is 2.77. The van der Waals surface area contributed by atoms with Gasteiger partial charge in [-0.05, 0) is 6.42 Å². The maximum absolute atomic E-state index is 12.3. The molecule has 0 aliphatic heterocycles. The third-order valence-corrected chi connectivity index (χ3v) is 3.09. The molecule has 0 unspecified atom stereocenters. The summed E-state index contributed by atoms with van der Waals surface area (Å²) < 4.78 is 36.8. The zero-order chi connectivity index (χ0) is 14.3. The van der Waals surface area contributed by atoms with Gasteiger partial charge in [-0.3, -0.25) is 5.32 Å². The Kier molecular flexibility index (Phi) is 6.07. The number of amides is 2. The molecule has 1 rings (SSSR count). The summed E-state index contributed by atoms with van der Waals surface area (Å²) in [7, 11) is 0. The zero-order valence-electron chi connectivity index (χ0n) is 10.5. The SMILES string of the molecule is CCCCCCNC(=O)Nc1nc(C(F)(F)F)cs1. The highest BCUT2D eigenvalue weighted by molar-refractivity contribution is 7.13. The molecule has 0 aliphatic rings. The molecular formula is C11H16F3N3OS. The summed E-state index contributed by atoms with van der Waals surface area (Å²) in [6.45, 7) is 2.59. The largest absolute Gasteiger partial charge is 0.434 e. The monoisotopic (exact) mass is 295 g/mol. The van der Waals surface area contributed by atoms with Crippen molar-refractivity contribution < 1.29 is 18.0 Å². The molecule has 1 heterocycles. The Morgan fingerprint density at radius 3 is 2.68 bits per heavy atom. The van der Waals surface area contributed by atoms with Crippen molar-refractivity contribution in [3.63, 3.8) is 0 Å². The molecule has 8 heteroatoms. The first kappa shape index (κ1) is 15.7. The van der Waals surface area contributed by atoms with Gasteiger partial charge in [0.25, 0.3) is 0 Å². The molecule has 0 atom stereocenters. The molecule has 1 aromatic heterocycles. The summed E-state index contributed by atoms with van der Waals surface area (Å²) in [4.78, 5) is 14.7. The summed E-state index contributed by atoms with van der Waals surface area (Å²) in [5.41, 5.74) is -0.990. The van der Waals surface area contributed by atoms with Crippen LogP contribution in [0.5, 0.6) is 0 Å². The Labute approximate surface area is 113 Å². The molecule has 0 saturated carbocycles. The normalized spacial score (nSPS) is 11.4. The third-order valence-electron chi connectivity index (χ3n) is 2.33. The number of aromatic nitrogens is 1. The minimum atomic E-state index is -4.48. The third kappa shape index (κ3) is 5.91. The smallest absolute Gasteiger partial charge is 0.338 e. The number of nitrogens with one attached hydrogen (secondary N) is 2. The van der Waals surface area contributed by atoms with Gasteiger partial charge in [0, 0.05) is 11.9 Å². The van der Waals surface area contributed by atoms with Crippen molar-refractivity contribution in [2.24, 2.45) is 0 Å². The van der Waals surface area contributed by atoms with E-state index in [0.29, 0.717) is 6.54 Å².